The molecule has 1 saturated heterocycles. The number of carbonyl (C=O) groups is 7. The van der Waals surface area contributed by atoms with E-state index in [1.54, 1.807) is 36.5 Å². The van der Waals surface area contributed by atoms with Gasteiger partial charge in [-0.1, -0.05) is 44.2 Å². The SMILES string of the molecule is CC(C)CCC=N[C@@H](CO)C(=O)NCCCC[C@@H]1NC(=O)[C@@H](Cc2ccccc2)NC(=O)[C@H](CC(=O)O)NC(=O)CNC(=O)[C@H](CCCN=C(N)N)NC1=O. The fourth-order valence-corrected chi connectivity index (χ4v) is 5.45. The lowest BCUT2D eigenvalue weighted by atomic mass is 10.0. The molecule has 19 nitrogen and oxygen atoms in total. The maximum absolute atomic E-state index is 13.9. The van der Waals surface area contributed by atoms with Crippen LogP contribution in [0.25, 0.3) is 0 Å². The van der Waals surface area contributed by atoms with Crippen molar-refractivity contribution < 1.29 is 43.8 Å². The van der Waals surface area contributed by atoms with Crippen molar-refractivity contribution in [2.24, 2.45) is 27.4 Å². The Kier molecular flexibility index (Phi) is 20.4. The summed E-state index contributed by atoms with van der Waals surface area (Å²) < 4.78 is 0. The Morgan fingerprint density at radius 2 is 1.49 bits per heavy atom. The third kappa shape index (κ3) is 18.3. The van der Waals surface area contributed by atoms with Crippen molar-refractivity contribution in [2.75, 3.05) is 26.2 Å². The van der Waals surface area contributed by atoms with E-state index in [1.165, 1.54) is 0 Å². The van der Waals surface area contributed by atoms with Gasteiger partial charge in [0.05, 0.1) is 19.6 Å². The first-order valence-corrected chi connectivity index (χ1v) is 18.4. The minimum absolute atomic E-state index is 0.0347. The zero-order valence-corrected chi connectivity index (χ0v) is 31.4. The largest absolute Gasteiger partial charge is 0.481 e. The third-order valence-corrected chi connectivity index (χ3v) is 8.43. The number of hydrogen-bond acceptors (Lipinski definition) is 10. The van der Waals surface area contributed by atoms with Crippen LogP contribution in [0.3, 0.4) is 0 Å². The number of nitrogens with zero attached hydrogens (tertiary/aromatic N) is 2. The van der Waals surface area contributed by atoms with Gasteiger partial charge in [-0.15, -0.1) is 0 Å². The third-order valence-electron chi connectivity index (χ3n) is 8.43. The smallest absolute Gasteiger partial charge is 0.305 e. The molecule has 2 rings (SSSR count). The first kappa shape index (κ1) is 45.6. The minimum atomic E-state index is -1.60. The molecule has 0 bridgehead atoms. The van der Waals surface area contributed by atoms with Crippen LogP contribution < -0.4 is 43.4 Å². The van der Waals surface area contributed by atoms with Gasteiger partial charge in [-0.2, -0.15) is 0 Å². The lowest BCUT2D eigenvalue weighted by molar-refractivity contribution is -0.141. The molecule has 1 fully saturated rings. The van der Waals surface area contributed by atoms with E-state index in [4.69, 9.17) is 11.5 Å². The number of aliphatic carboxylic acids is 1. The minimum Gasteiger partial charge on any atom is -0.481 e. The van der Waals surface area contributed by atoms with E-state index in [1.807, 2.05) is 0 Å². The normalized spacial score (nSPS) is 20.5. The van der Waals surface area contributed by atoms with Gasteiger partial charge in [-0.25, -0.2) is 0 Å². The highest BCUT2D eigenvalue weighted by Crippen LogP contribution is 2.10. The highest BCUT2D eigenvalue weighted by Gasteiger charge is 2.33. The summed E-state index contributed by atoms with van der Waals surface area (Å²) in [6.45, 7) is 3.31. The van der Waals surface area contributed by atoms with Crippen molar-refractivity contribution in [3.8, 4) is 0 Å². The van der Waals surface area contributed by atoms with Gasteiger partial charge < -0.3 is 53.6 Å². The van der Waals surface area contributed by atoms with Crippen LogP contribution in [0.4, 0.5) is 0 Å². The van der Waals surface area contributed by atoms with Gasteiger partial charge in [0.1, 0.15) is 24.2 Å². The number of carbonyl (C=O) groups excluding carboxylic acids is 6. The number of carboxylic acid groups (broad SMARTS) is 1. The number of carboxylic acids is 1. The second-order valence-electron chi connectivity index (χ2n) is 13.5. The van der Waals surface area contributed by atoms with Crippen molar-refractivity contribution in [1.29, 1.82) is 0 Å². The molecule has 0 radical (unpaired) electrons. The van der Waals surface area contributed by atoms with Crippen LogP contribution in [0.5, 0.6) is 0 Å². The Balaban J connectivity index is 2.34. The first-order chi connectivity index (χ1) is 26.2. The van der Waals surface area contributed by atoms with Crippen molar-refractivity contribution >= 4 is 53.6 Å². The summed E-state index contributed by atoms with van der Waals surface area (Å²) in [7, 11) is 0. The number of aliphatic imine (C=N–C) groups is 2. The van der Waals surface area contributed by atoms with Gasteiger partial charge in [0.25, 0.3) is 0 Å². The second-order valence-corrected chi connectivity index (χ2v) is 13.5. The molecule has 0 spiro atoms. The number of nitrogens with two attached hydrogens (primary N) is 2. The predicted octanol–water partition coefficient (Wildman–Crippen LogP) is -2.02. The lowest BCUT2D eigenvalue weighted by Crippen LogP contribution is -2.58. The molecule has 1 heterocycles. The maximum atomic E-state index is 13.9. The van der Waals surface area contributed by atoms with Crippen LogP contribution in [-0.4, -0.2) is 120 Å². The van der Waals surface area contributed by atoms with E-state index >= 15 is 0 Å². The highest BCUT2D eigenvalue weighted by molar-refractivity contribution is 5.98. The van der Waals surface area contributed by atoms with Gasteiger partial charge in [0.2, 0.25) is 35.4 Å². The van der Waals surface area contributed by atoms with Crippen molar-refractivity contribution in [3.05, 3.63) is 35.9 Å². The molecule has 1 aliphatic heterocycles. The Morgan fingerprint density at radius 1 is 0.873 bits per heavy atom. The van der Waals surface area contributed by atoms with Crippen LogP contribution in [0.2, 0.25) is 0 Å². The van der Waals surface area contributed by atoms with E-state index in [0.29, 0.717) is 30.7 Å². The summed E-state index contributed by atoms with van der Waals surface area (Å²) >= 11 is 0. The van der Waals surface area contributed by atoms with E-state index in [-0.39, 0.29) is 44.7 Å². The van der Waals surface area contributed by atoms with E-state index < -0.39 is 91.2 Å². The average Bonchev–Trinajstić information content (AvgIpc) is 3.13. The molecular weight excluding hydrogens is 716 g/mol. The quantitative estimate of drug-likeness (QED) is 0.0416. The number of amides is 6. The molecule has 1 aromatic carbocycles. The number of aliphatic hydroxyl groups excluding tert-OH is 1. The Hall–Kier alpha value is -5.59. The Morgan fingerprint density at radius 3 is 2.13 bits per heavy atom. The summed E-state index contributed by atoms with van der Waals surface area (Å²) in [5.74, 6) is -5.70. The number of nitrogens with one attached hydrogen (secondary N) is 6. The summed E-state index contributed by atoms with van der Waals surface area (Å²) in [5, 5.41) is 34.4. The lowest BCUT2D eigenvalue weighted by Gasteiger charge is -2.26. The highest BCUT2D eigenvalue weighted by atomic mass is 16.4. The van der Waals surface area contributed by atoms with Crippen molar-refractivity contribution in [3.63, 3.8) is 0 Å². The summed E-state index contributed by atoms with van der Waals surface area (Å²) in [4.78, 5) is 99.4. The van der Waals surface area contributed by atoms with Gasteiger partial charge in [0.15, 0.2) is 12.0 Å². The molecule has 19 heteroatoms. The number of hydrogen-bond donors (Lipinski definition) is 10. The van der Waals surface area contributed by atoms with Gasteiger partial charge in [-0.3, -0.25) is 43.5 Å². The van der Waals surface area contributed by atoms with Crippen molar-refractivity contribution in [1.82, 2.24) is 31.9 Å². The van der Waals surface area contributed by atoms with Crippen LogP contribution in [0, 0.1) is 5.92 Å². The molecule has 1 aliphatic rings. The molecule has 0 aromatic heterocycles. The molecule has 6 amide bonds. The maximum Gasteiger partial charge on any atom is 0.305 e. The van der Waals surface area contributed by atoms with Crippen LogP contribution >= 0.6 is 0 Å². The Bertz CT molecular complexity index is 1500. The number of rotatable bonds is 19. The molecule has 0 saturated carbocycles. The summed E-state index contributed by atoms with van der Waals surface area (Å²) in [6, 6.07) is 2.32. The average molecular weight is 773 g/mol. The monoisotopic (exact) mass is 772 g/mol. The molecule has 1 aromatic rings. The molecule has 5 atom stereocenters. The number of aliphatic hydroxyl groups is 1. The summed E-state index contributed by atoms with van der Waals surface area (Å²) in [6.07, 6.45) is 3.30. The Labute approximate surface area is 320 Å². The number of guanidine groups is 1. The van der Waals surface area contributed by atoms with E-state index in [9.17, 15) is 43.8 Å². The van der Waals surface area contributed by atoms with Crippen LogP contribution in [0.1, 0.15) is 70.8 Å². The van der Waals surface area contributed by atoms with Crippen LogP contribution in [-0.2, 0) is 40.0 Å². The van der Waals surface area contributed by atoms with E-state index in [0.717, 1.165) is 6.42 Å². The predicted molar refractivity (Wildman–Crippen MR) is 203 cm³/mol. The van der Waals surface area contributed by atoms with Gasteiger partial charge >= 0.3 is 5.97 Å². The number of unbranched alkanes of at least 4 members (excludes halogenated alkanes) is 1. The molecule has 0 unspecified atom stereocenters. The molecule has 55 heavy (non-hydrogen) atoms. The van der Waals surface area contributed by atoms with E-state index in [2.05, 4.69) is 55.7 Å². The van der Waals surface area contributed by atoms with Crippen molar-refractivity contribution in [2.45, 2.75) is 102 Å². The molecule has 304 valence electrons. The van der Waals surface area contributed by atoms with Gasteiger partial charge in [-0.05, 0) is 62.6 Å². The van der Waals surface area contributed by atoms with Crippen LogP contribution in [0.15, 0.2) is 40.3 Å². The summed E-state index contributed by atoms with van der Waals surface area (Å²) in [5.41, 5.74) is 11.4. The molecular formula is C36H56N10O9. The topological polar surface area (TPSA) is 309 Å². The van der Waals surface area contributed by atoms with Gasteiger partial charge in [0, 0.05) is 19.5 Å². The first-order valence-electron chi connectivity index (χ1n) is 18.4. The number of benzene rings is 1. The fraction of sp³-hybridized carbons (Fsp3) is 0.583. The zero-order chi connectivity index (χ0) is 40.8. The second kappa shape index (κ2) is 24.7. The molecule has 0 aliphatic carbocycles. The molecule has 12 N–H and O–H groups in total. The zero-order valence-electron chi connectivity index (χ0n) is 31.4. The standard InChI is InChI=1S/C36H56N10O9/c1-22(2)10-8-16-39-28(21-47)32(52)40-15-7-6-13-25-33(53)44-24(14-9-17-41-36(37)38)31(51)42-20-29(48)43-27(19-30(49)50)35(55)46-26(34(54)45-25)18-23-11-4-3-5-12-23/h3-5,11-12,16,22,24-28,47H,6-10,13-15,17-21H2,1-2H3,(H,40,52)(H,42,51)(H,43,48)(H,44,53)(H,45,54)(H,46,55)(H,49,50)(H4,37,38,41)/t24-,25-,26+,27-,28-/m0/s1. The fourth-order valence-electron chi connectivity index (χ4n) is 5.45.